The molecule has 0 atom stereocenters. The van der Waals surface area contributed by atoms with Crippen molar-refractivity contribution >= 4 is 5.91 Å². The van der Waals surface area contributed by atoms with E-state index < -0.39 is 0 Å². The minimum atomic E-state index is -0.139. The summed E-state index contributed by atoms with van der Waals surface area (Å²) in [5.74, 6) is -0.139. The number of amides is 1. The Kier molecular flexibility index (Phi) is 5.22. The second-order valence-corrected chi connectivity index (χ2v) is 7.04. The van der Waals surface area contributed by atoms with Crippen LogP contribution < -0.4 is 10.9 Å². The molecule has 2 rings (SSSR count). The second-order valence-electron chi connectivity index (χ2n) is 7.04. The van der Waals surface area contributed by atoms with Gasteiger partial charge in [-0.1, -0.05) is 32.9 Å². The molecule has 1 N–H and O–H groups in total. The Labute approximate surface area is 142 Å². The lowest BCUT2D eigenvalue weighted by Gasteiger charge is -2.19. The summed E-state index contributed by atoms with van der Waals surface area (Å²) in [7, 11) is 0. The summed E-state index contributed by atoms with van der Waals surface area (Å²) in [6.07, 6.45) is 1.52. The van der Waals surface area contributed by atoms with Crippen molar-refractivity contribution in [3.63, 3.8) is 0 Å². The average molecular weight is 327 g/mol. The summed E-state index contributed by atoms with van der Waals surface area (Å²) in [6.45, 7) is 10.8. The fraction of sp³-hybridized carbons (Fsp3) is 0.421. The number of benzene rings is 1. The smallest absolute Gasteiger partial charge is 0.256 e. The van der Waals surface area contributed by atoms with Gasteiger partial charge in [0.05, 0.1) is 6.33 Å². The molecule has 24 heavy (non-hydrogen) atoms. The third-order valence-corrected chi connectivity index (χ3v) is 4.17. The zero-order valence-electron chi connectivity index (χ0n) is 15.0. The summed E-state index contributed by atoms with van der Waals surface area (Å²) >= 11 is 0. The van der Waals surface area contributed by atoms with Crippen molar-refractivity contribution < 1.29 is 4.79 Å². The van der Waals surface area contributed by atoms with E-state index in [1.807, 2.05) is 31.2 Å². The van der Waals surface area contributed by atoms with Crippen molar-refractivity contribution in [2.24, 2.45) is 0 Å². The number of rotatable bonds is 4. The fourth-order valence-corrected chi connectivity index (χ4v) is 2.35. The van der Waals surface area contributed by atoms with Gasteiger partial charge in [-0.2, -0.15) is 0 Å². The number of aromatic nitrogens is 2. The summed E-state index contributed by atoms with van der Waals surface area (Å²) in [6, 6.07) is 7.62. The van der Waals surface area contributed by atoms with E-state index in [1.54, 1.807) is 6.92 Å². The van der Waals surface area contributed by atoms with Crippen molar-refractivity contribution in [3.8, 4) is 0 Å². The largest absolute Gasteiger partial charge is 0.350 e. The molecule has 0 saturated carbocycles. The van der Waals surface area contributed by atoms with Crippen LogP contribution in [0.3, 0.4) is 0 Å². The molecule has 0 spiro atoms. The van der Waals surface area contributed by atoms with Crippen LogP contribution in [0.4, 0.5) is 0 Å². The van der Waals surface area contributed by atoms with Gasteiger partial charge in [0.1, 0.15) is 0 Å². The summed E-state index contributed by atoms with van der Waals surface area (Å²) in [4.78, 5) is 28.4. The number of carbonyl (C=O) groups excluding carboxylic acids is 1. The lowest BCUT2D eigenvalue weighted by molar-refractivity contribution is 0.0952. The zero-order chi connectivity index (χ0) is 17.9. The van der Waals surface area contributed by atoms with Gasteiger partial charge in [0.2, 0.25) is 0 Å². The molecule has 5 nitrogen and oxygen atoms in total. The monoisotopic (exact) mass is 327 g/mol. The Morgan fingerprint density at radius 2 is 1.79 bits per heavy atom. The highest BCUT2D eigenvalue weighted by Gasteiger charge is 2.14. The number of hydrogen-bond donors (Lipinski definition) is 1. The molecule has 5 heteroatoms. The Morgan fingerprint density at radius 3 is 2.38 bits per heavy atom. The highest BCUT2D eigenvalue weighted by Crippen LogP contribution is 2.22. The number of carbonyl (C=O) groups is 1. The molecule has 1 aromatic carbocycles. The van der Waals surface area contributed by atoms with E-state index in [0.717, 1.165) is 5.69 Å². The number of nitrogens with zero attached hydrogens (tertiary/aromatic N) is 2. The van der Waals surface area contributed by atoms with Crippen LogP contribution in [0, 0.1) is 13.8 Å². The highest BCUT2D eigenvalue weighted by atomic mass is 16.1. The first-order valence-corrected chi connectivity index (χ1v) is 8.11. The molecule has 0 saturated heterocycles. The molecule has 1 heterocycles. The summed E-state index contributed by atoms with van der Waals surface area (Å²) in [5, 5.41) is 2.84. The average Bonchev–Trinajstić information content (AvgIpc) is 2.54. The van der Waals surface area contributed by atoms with Gasteiger partial charge in [0.25, 0.3) is 11.5 Å². The Hall–Kier alpha value is -2.43. The lowest BCUT2D eigenvalue weighted by Crippen LogP contribution is -2.32. The molecular weight excluding hydrogens is 302 g/mol. The van der Waals surface area contributed by atoms with Crippen molar-refractivity contribution in [3.05, 3.63) is 63.3 Å². The van der Waals surface area contributed by atoms with Gasteiger partial charge < -0.3 is 5.32 Å². The lowest BCUT2D eigenvalue weighted by atomic mass is 9.87. The van der Waals surface area contributed by atoms with Crippen LogP contribution in [0.25, 0.3) is 0 Å². The van der Waals surface area contributed by atoms with E-state index in [4.69, 9.17) is 0 Å². The normalized spacial score (nSPS) is 11.4. The van der Waals surface area contributed by atoms with Gasteiger partial charge >= 0.3 is 0 Å². The molecule has 0 bridgehead atoms. The zero-order valence-corrected chi connectivity index (χ0v) is 15.0. The quantitative estimate of drug-likeness (QED) is 0.939. The topological polar surface area (TPSA) is 64.0 Å². The molecule has 1 aromatic heterocycles. The van der Waals surface area contributed by atoms with Crippen LogP contribution in [0.5, 0.6) is 0 Å². The predicted molar refractivity (Wildman–Crippen MR) is 95.4 cm³/mol. The molecule has 0 unspecified atom stereocenters. The van der Waals surface area contributed by atoms with Gasteiger partial charge in [-0.05, 0) is 37.0 Å². The van der Waals surface area contributed by atoms with E-state index in [9.17, 15) is 9.59 Å². The molecule has 2 aromatic rings. The van der Waals surface area contributed by atoms with Gasteiger partial charge in [0, 0.05) is 29.9 Å². The predicted octanol–water partition coefficient (Wildman–Crippen LogP) is 2.59. The molecule has 0 fully saturated rings. The maximum atomic E-state index is 12.2. The van der Waals surface area contributed by atoms with Crippen LogP contribution in [-0.4, -0.2) is 22.0 Å². The summed E-state index contributed by atoms with van der Waals surface area (Å²) < 4.78 is 1.52. The van der Waals surface area contributed by atoms with Crippen molar-refractivity contribution in [1.29, 1.82) is 0 Å². The minimum Gasteiger partial charge on any atom is -0.350 e. The molecule has 0 aliphatic rings. The van der Waals surface area contributed by atoms with Crippen LogP contribution in [0.1, 0.15) is 48.0 Å². The third-order valence-electron chi connectivity index (χ3n) is 4.17. The number of nitrogens with one attached hydrogen (secondary N) is 1. The van der Waals surface area contributed by atoms with E-state index in [1.165, 1.54) is 16.5 Å². The van der Waals surface area contributed by atoms with E-state index in [-0.39, 0.29) is 16.9 Å². The second kappa shape index (κ2) is 6.99. The fourth-order valence-electron chi connectivity index (χ4n) is 2.35. The van der Waals surface area contributed by atoms with E-state index in [0.29, 0.717) is 24.2 Å². The van der Waals surface area contributed by atoms with E-state index in [2.05, 4.69) is 31.1 Å². The van der Waals surface area contributed by atoms with Gasteiger partial charge in [-0.3, -0.25) is 14.2 Å². The van der Waals surface area contributed by atoms with Crippen LogP contribution in [0.15, 0.2) is 35.4 Å². The van der Waals surface area contributed by atoms with Gasteiger partial charge in [-0.25, -0.2) is 4.98 Å². The molecular formula is C19H25N3O2. The molecule has 0 aliphatic heterocycles. The standard InChI is InChI=1S/C19H25N3O2/c1-13-14(2)21-12-22(18(13)24)11-10-20-17(23)15-6-8-16(9-7-15)19(3,4)5/h6-9,12H,10-11H2,1-5H3,(H,20,23). The molecule has 0 radical (unpaired) electrons. The van der Waals surface area contributed by atoms with Crippen molar-refractivity contribution in [1.82, 2.24) is 14.9 Å². The van der Waals surface area contributed by atoms with Crippen LogP contribution in [0.2, 0.25) is 0 Å². The highest BCUT2D eigenvalue weighted by molar-refractivity contribution is 5.94. The SMILES string of the molecule is Cc1ncn(CCNC(=O)c2ccc(C(C)(C)C)cc2)c(=O)c1C. The van der Waals surface area contributed by atoms with Crippen LogP contribution in [-0.2, 0) is 12.0 Å². The van der Waals surface area contributed by atoms with Gasteiger partial charge in [0.15, 0.2) is 0 Å². The Morgan fingerprint density at radius 1 is 1.17 bits per heavy atom. The Balaban J connectivity index is 1.97. The first kappa shape index (κ1) is 17.9. The van der Waals surface area contributed by atoms with Crippen molar-refractivity contribution in [2.45, 2.75) is 46.6 Å². The maximum Gasteiger partial charge on any atom is 0.256 e. The van der Waals surface area contributed by atoms with Gasteiger partial charge in [-0.15, -0.1) is 0 Å². The minimum absolute atomic E-state index is 0.0620. The van der Waals surface area contributed by atoms with Crippen LogP contribution >= 0.6 is 0 Å². The molecule has 1 amide bonds. The third kappa shape index (κ3) is 4.10. The first-order valence-electron chi connectivity index (χ1n) is 8.11. The molecule has 0 aliphatic carbocycles. The first-order chi connectivity index (χ1) is 11.2. The number of aryl methyl sites for hydroxylation is 1. The van der Waals surface area contributed by atoms with E-state index >= 15 is 0 Å². The molecule has 128 valence electrons. The summed E-state index contributed by atoms with van der Waals surface area (Å²) in [5.41, 5.74) is 3.18. The Bertz CT molecular complexity index is 784. The number of hydrogen-bond acceptors (Lipinski definition) is 3. The maximum absolute atomic E-state index is 12.2. The van der Waals surface area contributed by atoms with Crippen molar-refractivity contribution in [2.75, 3.05) is 6.54 Å².